The minimum atomic E-state index is -3.29. The summed E-state index contributed by atoms with van der Waals surface area (Å²) in [6.45, 7) is 1.72. The van der Waals surface area contributed by atoms with Crippen molar-refractivity contribution >= 4 is 25.8 Å². The lowest BCUT2D eigenvalue weighted by Gasteiger charge is -2.04. The first-order valence-corrected chi connectivity index (χ1v) is 6.74. The monoisotopic (exact) mass is 274 g/mol. The summed E-state index contributed by atoms with van der Waals surface area (Å²) in [6, 6.07) is 8.42. The van der Waals surface area contributed by atoms with Crippen LogP contribution in [0.25, 0.3) is 0 Å². The van der Waals surface area contributed by atoms with E-state index in [0.29, 0.717) is 15.1 Å². The third-order valence-corrected chi connectivity index (χ3v) is 4.79. The minimum absolute atomic E-state index is 0.340. The van der Waals surface area contributed by atoms with E-state index in [1.165, 1.54) is 0 Å². The smallest absolute Gasteiger partial charge is 0.203 e. The zero-order valence-electron chi connectivity index (χ0n) is 7.77. The lowest BCUT2D eigenvalue weighted by molar-refractivity contribution is 0.602. The van der Waals surface area contributed by atoms with Crippen molar-refractivity contribution in [2.24, 2.45) is 0 Å². The summed E-state index contributed by atoms with van der Waals surface area (Å²) in [6.07, 6.45) is 1.61. The minimum Gasteiger partial charge on any atom is -0.219 e. The molecule has 0 radical (unpaired) electrons. The molecule has 0 saturated heterocycles. The Morgan fingerprint density at radius 2 is 1.93 bits per heavy atom. The molecule has 1 rings (SSSR count). The number of hydrogen-bond donors (Lipinski definition) is 0. The molecule has 0 heterocycles. The predicted molar refractivity (Wildman–Crippen MR) is 61.2 cm³/mol. The summed E-state index contributed by atoms with van der Waals surface area (Å²) in [5, 5.41) is 0.348. The molecule has 0 aromatic heterocycles. The predicted octanol–water partition coefficient (Wildman–Crippen LogP) is 2.76. The van der Waals surface area contributed by atoms with Crippen LogP contribution in [-0.2, 0) is 9.84 Å². The van der Waals surface area contributed by atoms with Crippen LogP contribution in [0.5, 0.6) is 0 Å². The summed E-state index contributed by atoms with van der Waals surface area (Å²) in [7, 11) is -3.29. The van der Waals surface area contributed by atoms with E-state index in [-0.39, 0.29) is 0 Å². The Kier molecular flexibility index (Phi) is 3.89. The van der Waals surface area contributed by atoms with Gasteiger partial charge in [-0.15, -0.1) is 0 Å². The molecule has 0 unspecified atom stereocenters. The largest absolute Gasteiger partial charge is 0.219 e. The maximum Gasteiger partial charge on any atom is 0.203 e. The van der Waals surface area contributed by atoms with Crippen molar-refractivity contribution in [1.29, 1.82) is 0 Å². The molecule has 0 N–H and O–H groups in total. The zero-order valence-corrected chi connectivity index (χ0v) is 10.2. The maximum absolute atomic E-state index is 11.9. The lowest BCUT2D eigenvalue weighted by atomic mass is 10.4. The fraction of sp³-hybridized carbons (Fsp3) is 0.200. The van der Waals surface area contributed by atoms with E-state index in [4.69, 9.17) is 0 Å². The fourth-order valence-electron chi connectivity index (χ4n) is 1.06. The van der Waals surface area contributed by atoms with E-state index in [1.54, 1.807) is 43.3 Å². The summed E-state index contributed by atoms with van der Waals surface area (Å²) in [4.78, 5) is 0.733. The average molecular weight is 275 g/mol. The first-order valence-electron chi connectivity index (χ1n) is 4.14. The van der Waals surface area contributed by atoms with E-state index in [1.807, 2.05) is 0 Å². The van der Waals surface area contributed by atoms with Crippen molar-refractivity contribution in [1.82, 2.24) is 0 Å². The SMILES string of the molecule is C/C=C(/CBr)S(=O)(=O)c1ccccc1. The average Bonchev–Trinajstić information content (AvgIpc) is 2.20. The summed E-state index contributed by atoms with van der Waals surface area (Å²) in [5.41, 5.74) is 0. The highest BCUT2D eigenvalue weighted by Crippen LogP contribution is 2.19. The zero-order chi connectivity index (χ0) is 10.6. The van der Waals surface area contributed by atoms with Crippen molar-refractivity contribution in [3.05, 3.63) is 41.3 Å². The molecule has 1 aromatic carbocycles. The van der Waals surface area contributed by atoms with E-state index in [0.717, 1.165) is 0 Å². The Balaban J connectivity index is 3.23. The molecule has 0 amide bonds. The molecule has 0 aliphatic heterocycles. The molecule has 0 spiro atoms. The Bertz CT molecular complexity index is 421. The third-order valence-electron chi connectivity index (χ3n) is 1.85. The third kappa shape index (κ3) is 2.25. The number of allylic oxidation sites excluding steroid dienone is 2. The molecule has 0 atom stereocenters. The quantitative estimate of drug-likeness (QED) is 0.795. The van der Waals surface area contributed by atoms with Gasteiger partial charge in [-0.05, 0) is 19.1 Å². The van der Waals surface area contributed by atoms with Crippen LogP contribution in [0, 0.1) is 0 Å². The highest BCUT2D eigenvalue weighted by atomic mass is 79.9. The number of benzene rings is 1. The highest BCUT2D eigenvalue weighted by Gasteiger charge is 2.17. The van der Waals surface area contributed by atoms with Gasteiger partial charge in [-0.25, -0.2) is 8.42 Å². The first-order chi connectivity index (χ1) is 6.62. The van der Waals surface area contributed by atoms with Gasteiger partial charge in [0.15, 0.2) is 0 Å². The normalized spacial score (nSPS) is 12.9. The van der Waals surface area contributed by atoms with Crippen LogP contribution in [0.3, 0.4) is 0 Å². The Hall–Kier alpha value is -0.610. The van der Waals surface area contributed by atoms with Crippen molar-refractivity contribution in [2.45, 2.75) is 11.8 Å². The van der Waals surface area contributed by atoms with Crippen LogP contribution in [0.4, 0.5) is 0 Å². The van der Waals surface area contributed by atoms with E-state index >= 15 is 0 Å². The number of sulfone groups is 1. The van der Waals surface area contributed by atoms with Gasteiger partial charge in [-0.3, -0.25) is 0 Å². The van der Waals surface area contributed by atoms with Gasteiger partial charge in [0.25, 0.3) is 0 Å². The maximum atomic E-state index is 11.9. The van der Waals surface area contributed by atoms with Crippen molar-refractivity contribution < 1.29 is 8.42 Å². The number of halogens is 1. The Labute approximate surface area is 92.7 Å². The van der Waals surface area contributed by atoms with Crippen LogP contribution < -0.4 is 0 Å². The van der Waals surface area contributed by atoms with Crippen molar-refractivity contribution in [3.63, 3.8) is 0 Å². The summed E-state index contributed by atoms with van der Waals surface area (Å²) >= 11 is 3.16. The molecule has 14 heavy (non-hydrogen) atoms. The topological polar surface area (TPSA) is 34.1 Å². The van der Waals surface area contributed by atoms with Gasteiger partial charge < -0.3 is 0 Å². The molecule has 76 valence electrons. The van der Waals surface area contributed by atoms with Gasteiger partial charge in [-0.1, -0.05) is 40.2 Å². The summed E-state index contributed by atoms with van der Waals surface area (Å²) in [5.74, 6) is 0. The van der Waals surface area contributed by atoms with Crippen molar-refractivity contribution in [2.75, 3.05) is 5.33 Å². The lowest BCUT2D eigenvalue weighted by Crippen LogP contribution is -2.05. The molecular formula is C10H11BrO2S. The van der Waals surface area contributed by atoms with E-state index in [2.05, 4.69) is 15.9 Å². The second kappa shape index (κ2) is 4.75. The standard InChI is InChI=1S/C10H11BrO2S/c1-2-9(8-11)14(12,13)10-6-4-3-5-7-10/h2-7H,8H2,1H3/b9-2-. The van der Waals surface area contributed by atoms with Crippen LogP contribution in [0.1, 0.15) is 6.92 Å². The molecule has 0 aliphatic rings. The van der Waals surface area contributed by atoms with Crippen LogP contribution >= 0.6 is 15.9 Å². The molecule has 4 heteroatoms. The van der Waals surface area contributed by atoms with Crippen LogP contribution in [-0.4, -0.2) is 13.7 Å². The summed E-state index contributed by atoms with van der Waals surface area (Å²) < 4.78 is 23.8. The van der Waals surface area contributed by atoms with Gasteiger partial charge >= 0.3 is 0 Å². The molecule has 2 nitrogen and oxygen atoms in total. The van der Waals surface area contributed by atoms with Gasteiger partial charge in [0.05, 0.1) is 9.80 Å². The highest BCUT2D eigenvalue weighted by molar-refractivity contribution is 9.09. The fourth-order valence-corrected chi connectivity index (χ4v) is 3.56. The molecule has 1 aromatic rings. The van der Waals surface area contributed by atoms with Gasteiger partial charge in [0, 0.05) is 5.33 Å². The second-order valence-corrected chi connectivity index (χ2v) is 5.27. The van der Waals surface area contributed by atoms with Crippen LogP contribution in [0.2, 0.25) is 0 Å². The van der Waals surface area contributed by atoms with Crippen molar-refractivity contribution in [3.8, 4) is 0 Å². The molecule has 0 saturated carbocycles. The van der Waals surface area contributed by atoms with E-state index in [9.17, 15) is 8.42 Å². The van der Waals surface area contributed by atoms with Gasteiger partial charge in [-0.2, -0.15) is 0 Å². The number of hydrogen-bond acceptors (Lipinski definition) is 2. The van der Waals surface area contributed by atoms with Gasteiger partial charge in [0.1, 0.15) is 0 Å². The molecular weight excluding hydrogens is 264 g/mol. The first kappa shape index (κ1) is 11.5. The number of alkyl halides is 1. The molecule has 0 aliphatic carbocycles. The Morgan fingerprint density at radius 3 is 2.36 bits per heavy atom. The second-order valence-electron chi connectivity index (χ2n) is 2.71. The van der Waals surface area contributed by atoms with E-state index < -0.39 is 9.84 Å². The number of rotatable bonds is 3. The van der Waals surface area contributed by atoms with Crippen LogP contribution in [0.15, 0.2) is 46.2 Å². The Morgan fingerprint density at radius 1 is 1.36 bits per heavy atom. The molecule has 0 bridgehead atoms. The molecule has 0 fully saturated rings. The van der Waals surface area contributed by atoms with Gasteiger partial charge in [0.2, 0.25) is 9.84 Å².